The lowest BCUT2D eigenvalue weighted by Gasteiger charge is -2.03. The molecular weight excluding hydrogens is 208 g/mol. The fourth-order valence-electron chi connectivity index (χ4n) is 2.82. The molecule has 1 fully saturated rings. The van der Waals surface area contributed by atoms with Crippen molar-refractivity contribution in [3.63, 3.8) is 0 Å². The summed E-state index contributed by atoms with van der Waals surface area (Å²) < 4.78 is 0. The number of Topliss-reactive ketones (excluding diaryl/α,β-unsaturated/α-hetero) is 1. The van der Waals surface area contributed by atoms with Crippen LogP contribution in [0.25, 0.3) is 0 Å². The first-order valence-corrected chi connectivity index (χ1v) is 6.56. The molecule has 0 N–H and O–H groups in total. The topological polar surface area (TPSA) is 17.1 Å². The van der Waals surface area contributed by atoms with Crippen molar-refractivity contribution in [1.82, 2.24) is 0 Å². The quantitative estimate of drug-likeness (QED) is 0.487. The zero-order valence-corrected chi connectivity index (χ0v) is 12.0. The number of carbonyl (C=O) groups is 1. The van der Waals surface area contributed by atoms with Gasteiger partial charge in [0.1, 0.15) is 5.78 Å². The van der Waals surface area contributed by atoms with Crippen LogP contribution in [0.4, 0.5) is 0 Å². The van der Waals surface area contributed by atoms with Crippen molar-refractivity contribution in [3.8, 4) is 0 Å². The molecule has 96 valence electrons. The molecule has 0 heterocycles. The molecule has 0 aromatic carbocycles. The molecule has 0 saturated heterocycles. The van der Waals surface area contributed by atoms with Crippen LogP contribution in [0.15, 0.2) is 24.3 Å². The highest BCUT2D eigenvalue weighted by Crippen LogP contribution is 2.68. The molecule has 0 radical (unpaired) electrons. The van der Waals surface area contributed by atoms with Gasteiger partial charge in [0.05, 0.1) is 0 Å². The Morgan fingerprint density at radius 1 is 1.24 bits per heavy atom. The van der Waals surface area contributed by atoms with Gasteiger partial charge >= 0.3 is 0 Å². The second kappa shape index (κ2) is 4.80. The molecule has 1 rings (SSSR count). The van der Waals surface area contributed by atoms with Gasteiger partial charge < -0.3 is 0 Å². The molecule has 1 heteroatoms. The molecule has 0 bridgehead atoms. The number of carbonyl (C=O) groups excluding carboxylic acids is 1. The van der Waals surface area contributed by atoms with E-state index in [1.807, 2.05) is 13.0 Å². The molecule has 0 unspecified atom stereocenters. The van der Waals surface area contributed by atoms with Crippen molar-refractivity contribution < 1.29 is 4.79 Å². The van der Waals surface area contributed by atoms with Gasteiger partial charge in [0.2, 0.25) is 0 Å². The molecule has 0 aromatic rings. The Kier molecular flexibility index (Phi) is 4.01. The summed E-state index contributed by atoms with van der Waals surface area (Å²) in [6.45, 7) is 14.6. The first-order chi connectivity index (χ1) is 7.71. The zero-order chi connectivity index (χ0) is 13.3. The maximum Gasteiger partial charge on any atom is 0.137 e. The molecule has 0 amide bonds. The molecule has 1 aliphatic rings. The highest BCUT2D eigenvalue weighted by atomic mass is 16.1. The monoisotopic (exact) mass is 234 g/mol. The van der Waals surface area contributed by atoms with Crippen LogP contribution in [-0.2, 0) is 4.79 Å². The Morgan fingerprint density at radius 2 is 1.76 bits per heavy atom. The van der Waals surface area contributed by atoms with E-state index in [2.05, 4.69) is 40.3 Å². The fraction of sp³-hybridized carbons (Fsp3) is 0.688. The molecule has 0 atom stereocenters. The van der Waals surface area contributed by atoms with E-state index in [0.717, 1.165) is 24.8 Å². The molecule has 17 heavy (non-hydrogen) atoms. The van der Waals surface area contributed by atoms with Gasteiger partial charge in [0, 0.05) is 12.3 Å². The molecule has 1 aliphatic carbocycles. The van der Waals surface area contributed by atoms with Gasteiger partial charge in [-0.1, -0.05) is 52.0 Å². The van der Waals surface area contributed by atoms with Crippen molar-refractivity contribution in [1.29, 1.82) is 0 Å². The predicted octanol–water partition coefficient (Wildman–Crippen LogP) is 4.54. The second-order valence-corrected chi connectivity index (χ2v) is 6.48. The summed E-state index contributed by atoms with van der Waals surface area (Å²) in [5.74, 6) is 0.712. The third-order valence-electron chi connectivity index (χ3n) is 4.54. The molecule has 1 nitrogen and oxygen atoms in total. The third-order valence-corrected chi connectivity index (χ3v) is 4.54. The smallest absolute Gasteiger partial charge is 0.137 e. The third kappa shape index (κ3) is 2.88. The summed E-state index contributed by atoms with van der Waals surface area (Å²) in [4.78, 5) is 12.1. The fourth-order valence-corrected chi connectivity index (χ4v) is 2.82. The Hall–Kier alpha value is -0.850. The number of hydrogen-bond donors (Lipinski definition) is 0. The lowest BCUT2D eigenvalue weighted by Crippen LogP contribution is -2.06. The average Bonchev–Trinajstić information content (AvgIpc) is 2.56. The van der Waals surface area contributed by atoms with Crippen molar-refractivity contribution in [2.75, 3.05) is 0 Å². The first-order valence-electron chi connectivity index (χ1n) is 6.56. The van der Waals surface area contributed by atoms with Crippen molar-refractivity contribution in [2.45, 2.75) is 53.9 Å². The maximum absolute atomic E-state index is 12.1. The van der Waals surface area contributed by atoms with Gasteiger partial charge in [-0.2, -0.15) is 0 Å². The molecular formula is C16H26O. The molecule has 0 aromatic heterocycles. The normalized spacial score (nSPS) is 21.7. The van der Waals surface area contributed by atoms with Crippen LogP contribution in [0.3, 0.4) is 0 Å². The first kappa shape index (κ1) is 14.2. The highest BCUT2D eigenvalue weighted by Gasteiger charge is 2.67. The van der Waals surface area contributed by atoms with Gasteiger partial charge in [-0.25, -0.2) is 0 Å². The minimum Gasteiger partial charge on any atom is -0.299 e. The number of ketones is 1. The Morgan fingerprint density at radius 3 is 2.18 bits per heavy atom. The molecule has 0 aliphatic heterocycles. The van der Waals surface area contributed by atoms with E-state index in [1.165, 1.54) is 0 Å². The predicted molar refractivity (Wildman–Crippen MR) is 73.9 cm³/mol. The standard InChI is InChI=1S/C16H26O/c1-12(2)10-8-7-9-11-13(17)14-15(3,4)16(14,5)6/h8,10,14H,1,7,9,11H2,2-6H3/b10-8+. The Labute approximate surface area is 106 Å². The minimum absolute atomic E-state index is 0.192. The van der Waals surface area contributed by atoms with Crippen LogP contribution < -0.4 is 0 Å². The van der Waals surface area contributed by atoms with Gasteiger partial charge in [-0.3, -0.25) is 4.79 Å². The van der Waals surface area contributed by atoms with Gasteiger partial charge in [-0.15, -0.1) is 0 Å². The van der Waals surface area contributed by atoms with Crippen LogP contribution in [-0.4, -0.2) is 5.78 Å². The summed E-state index contributed by atoms with van der Waals surface area (Å²) in [5.41, 5.74) is 1.45. The van der Waals surface area contributed by atoms with Crippen LogP contribution in [0.2, 0.25) is 0 Å². The lowest BCUT2D eigenvalue weighted by molar-refractivity contribution is -0.121. The van der Waals surface area contributed by atoms with E-state index in [1.54, 1.807) is 0 Å². The summed E-state index contributed by atoms with van der Waals surface area (Å²) in [6.07, 6.45) is 6.80. The Bertz CT molecular complexity index is 331. The van der Waals surface area contributed by atoms with Gasteiger partial charge in [0.25, 0.3) is 0 Å². The zero-order valence-electron chi connectivity index (χ0n) is 12.0. The highest BCUT2D eigenvalue weighted by molar-refractivity contribution is 5.86. The second-order valence-electron chi connectivity index (χ2n) is 6.48. The average molecular weight is 234 g/mol. The Balaban J connectivity index is 2.31. The van der Waals surface area contributed by atoms with Gasteiger partial charge in [-0.05, 0) is 30.6 Å². The van der Waals surface area contributed by atoms with E-state index in [9.17, 15) is 4.79 Å². The van der Waals surface area contributed by atoms with E-state index in [4.69, 9.17) is 0 Å². The van der Waals surface area contributed by atoms with E-state index >= 15 is 0 Å². The van der Waals surface area contributed by atoms with Crippen molar-refractivity contribution in [3.05, 3.63) is 24.3 Å². The number of hydrogen-bond acceptors (Lipinski definition) is 1. The van der Waals surface area contributed by atoms with Crippen LogP contribution >= 0.6 is 0 Å². The van der Waals surface area contributed by atoms with E-state index in [-0.39, 0.29) is 16.7 Å². The summed E-state index contributed by atoms with van der Waals surface area (Å²) in [7, 11) is 0. The summed E-state index contributed by atoms with van der Waals surface area (Å²) >= 11 is 0. The van der Waals surface area contributed by atoms with Crippen molar-refractivity contribution >= 4 is 5.78 Å². The van der Waals surface area contributed by atoms with Crippen LogP contribution in [0.5, 0.6) is 0 Å². The maximum atomic E-state index is 12.1. The number of rotatable bonds is 6. The molecule has 0 spiro atoms. The number of unbranched alkanes of at least 4 members (excludes halogenated alkanes) is 1. The van der Waals surface area contributed by atoms with Crippen LogP contribution in [0, 0.1) is 16.7 Å². The molecule has 1 saturated carbocycles. The van der Waals surface area contributed by atoms with Crippen LogP contribution in [0.1, 0.15) is 53.9 Å². The van der Waals surface area contributed by atoms with Gasteiger partial charge in [0.15, 0.2) is 0 Å². The van der Waals surface area contributed by atoms with Crippen molar-refractivity contribution in [2.24, 2.45) is 16.7 Å². The lowest BCUT2D eigenvalue weighted by atomic mass is 10.0. The summed E-state index contributed by atoms with van der Waals surface area (Å²) in [6, 6.07) is 0. The van der Waals surface area contributed by atoms with E-state index in [0.29, 0.717) is 5.78 Å². The largest absolute Gasteiger partial charge is 0.299 e. The van der Waals surface area contributed by atoms with E-state index < -0.39 is 0 Å². The SMILES string of the molecule is C=C(C)/C=C/CCCC(=O)C1C(C)(C)C1(C)C. The minimum atomic E-state index is 0.192. The summed E-state index contributed by atoms with van der Waals surface area (Å²) in [5, 5.41) is 0. The number of allylic oxidation sites excluding steroid dienone is 3.